The fourth-order valence-electron chi connectivity index (χ4n) is 10.2. The number of cyclic esters (lactones) is 1. The number of urea groups is 1. The zero-order valence-electron chi connectivity index (χ0n) is 41.0. The molecule has 4 aromatic rings. The van der Waals surface area contributed by atoms with Crippen LogP contribution in [0.3, 0.4) is 0 Å². The van der Waals surface area contributed by atoms with Crippen LogP contribution in [0, 0.1) is 5.41 Å². The van der Waals surface area contributed by atoms with E-state index in [1.165, 1.54) is 17.0 Å². The highest BCUT2D eigenvalue weighted by Gasteiger charge is 2.39. The Bertz CT molecular complexity index is 2640. The number of ether oxygens (including phenoxy) is 2. The van der Waals surface area contributed by atoms with Gasteiger partial charge in [-0.25, -0.2) is 10.2 Å². The summed E-state index contributed by atoms with van der Waals surface area (Å²) in [4.78, 5) is 79.8. The number of likely N-dealkylation sites (N-methyl/N-ethyl adjacent to an activating group) is 1. The normalized spacial score (nSPS) is 21.7. The second kappa shape index (κ2) is 20.3. The SMILES string of the molecule is C=C(C)[C@@H](C(=O)N[C@H]1Cc2cc(O)cc(c2)-c2ccc3c(c2)c(c(-c2cccnc2[C@H](C)OC)n3CC)CC(C)(C)COC(=O)[C@@H]2CCCN(N2)C1=O)N(C)C(=O)N1CCCN(C(=O)[C@H]2CN2)CC1. The van der Waals surface area contributed by atoms with Crippen molar-refractivity contribution in [2.24, 2.45) is 5.41 Å². The minimum Gasteiger partial charge on any atom is -0.508 e. The molecule has 4 N–H and O–H groups in total. The van der Waals surface area contributed by atoms with Crippen molar-refractivity contribution in [3.05, 3.63) is 83.7 Å². The number of aryl methyl sites for hydroxylation is 1. The monoisotopic (exact) mass is 946 g/mol. The van der Waals surface area contributed by atoms with Gasteiger partial charge in [0.2, 0.25) is 11.8 Å². The van der Waals surface area contributed by atoms with Gasteiger partial charge in [-0.2, -0.15) is 0 Å². The number of hydrogen-bond donors (Lipinski definition) is 4. The number of nitrogens with zero attached hydrogens (tertiary/aromatic N) is 6. The van der Waals surface area contributed by atoms with E-state index in [2.05, 4.69) is 66.2 Å². The molecule has 0 spiro atoms. The number of methoxy groups -OCH3 is 1. The average Bonchev–Trinajstić information content (AvgIpc) is 4.18. The van der Waals surface area contributed by atoms with E-state index in [-0.39, 0.29) is 43.4 Å². The number of phenols is 1. The molecule has 5 atom stereocenters. The number of aromatic hydroxyl groups is 1. The van der Waals surface area contributed by atoms with Crippen molar-refractivity contribution in [2.45, 2.75) is 104 Å². The second-order valence-electron chi connectivity index (χ2n) is 19.8. The van der Waals surface area contributed by atoms with Crippen molar-refractivity contribution in [3.8, 4) is 28.1 Å². The van der Waals surface area contributed by atoms with E-state index in [9.17, 15) is 29.1 Å². The van der Waals surface area contributed by atoms with Crippen LogP contribution in [0.4, 0.5) is 4.79 Å². The number of fused-ring (bicyclic) bond motifs is 6. The van der Waals surface area contributed by atoms with Crippen LogP contribution in [0.2, 0.25) is 0 Å². The third kappa shape index (κ3) is 10.5. The van der Waals surface area contributed by atoms with E-state index in [1.807, 2.05) is 25.1 Å². The summed E-state index contributed by atoms with van der Waals surface area (Å²) in [6.45, 7) is 17.3. The number of benzene rings is 2. The molecule has 0 saturated carbocycles. The summed E-state index contributed by atoms with van der Waals surface area (Å²) in [6.07, 6.45) is 3.49. The van der Waals surface area contributed by atoms with Crippen LogP contribution < -0.4 is 16.1 Å². The lowest BCUT2D eigenvalue weighted by atomic mass is 9.84. The summed E-state index contributed by atoms with van der Waals surface area (Å²) >= 11 is 0. The summed E-state index contributed by atoms with van der Waals surface area (Å²) in [6, 6.07) is 11.6. The molecule has 8 rings (SSSR count). The van der Waals surface area contributed by atoms with Gasteiger partial charge in [0.1, 0.15) is 23.9 Å². The molecule has 5 amide bonds. The van der Waals surface area contributed by atoms with Gasteiger partial charge in [-0.15, -0.1) is 0 Å². The maximum Gasteiger partial charge on any atom is 0.324 e. The van der Waals surface area contributed by atoms with Gasteiger partial charge < -0.3 is 44.5 Å². The largest absolute Gasteiger partial charge is 0.508 e. The van der Waals surface area contributed by atoms with Crippen LogP contribution in [0.1, 0.15) is 76.8 Å². The van der Waals surface area contributed by atoms with Crippen molar-refractivity contribution in [2.75, 3.05) is 60.0 Å². The van der Waals surface area contributed by atoms with Crippen LogP contribution in [0.5, 0.6) is 5.75 Å². The summed E-state index contributed by atoms with van der Waals surface area (Å²) in [7, 11) is 3.21. The van der Waals surface area contributed by atoms with Gasteiger partial charge in [0, 0.05) is 94.5 Å². The molecule has 4 aliphatic heterocycles. The van der Waals surface area contributed by atoms with Crippen molar-refractivity contribution in [3.63, 3.8) is 0 Å². The molecule has 2 aromatic heterocycles. The topological polar surface area (TPSA) is 201 Å². The highest BCUT2D eigenvalue weighted by Crippen LogP contribution is 2.42. The Labute approximate surface area is 404 Å². The zero-order chi connectivity index (χ0) is 49.3. The number of rotatable bonds is 9. The first-order valence-electron chi connectivity index (χ1n) is 24.2. The number of pyridine rings is 1. The van der Waals surface area contributed by atoms with E-state index in [0.717, 1.165) is 39.0 Å². The molecule has 6 heterocycles. The minimum atomic E-state index is -1.20. The van der Waals surface area contributed by atoms with Gasteiger partial charge in [0.25, 0.3) is 5.91 Å². The van der Waals surface area contributed by atoms with Gasteiger partial charge in [-0.1, -0.05) is 32.6 Å². The van der Waals surface area contributed by atoms with Crippen LogP contribution >= 0.6 is 0 Å². The quantitative estimate of drug-likeness (QED) is 0.101. The summed E-state index contributed by atoms with van der Waals surface area (Å²) < 4.78 is 14.2. The van der Waals surface area contributed by atoms with Crippen molar-refractivity contribution >= 4 is 40.6 Å². The Kier molecular flexibility index (Phi) is 14.5. The molecule has 4 aliphatic rings. The third-order valence-electron chi connectivity index (χ3n) is 13.9. The summed E-state index contributed by atoms with van der Waals surface area (Å²) in [5.74, 6) is -1.60. The molecule has 3 saturated heterocycles. The summed E-state index contributed by atoms with van der Waals surface area (Å²) in [5.41, 5.74) is 9.85. The average molecular weight is 946 g/mol. The number of carbonyl (C=O) groups excluding carboxylic acids is 5. The van der Waals surface area contributed by atoms with E-state index in [4.69, 9.17) is 14.5 Å². The zero-order valence-corrected chi connectivity index (χ0v) is 41.0. The van der Waals surface area contributed by atoms with Crippen molar-refractivity contribution < 1.29 is 38.6 Å². The first kappa shape index (κ1) is 49.1. The first-order valence-corrected chi connectivity index (χ1v) is 24.2. The summed E-state index contributed by atoms with van der Waals surface area (Å²) in [5, 5.41) is 19.7. The van der Waals surface area contributed by atoms with E-state index >= 15 is 0 Å². The molecule has 69 heavy (non-hydrogen) atoms. The number of hydrazine groups is 1. The predicted octanol–water partition coefficient (Wildman–Crippen LogP) is 4.95. The minimum absolute atomic E-state index is 0.0218. The smallest absolute Gasteiger partial charge is 0.324 e. The molecule has 17 heteroatoms. The number of aromatic nitrogens is 2. The third-order valence-corrected chi connectivity index (χ3v) is 13.9. The standard InChI is InChI=1S/C52H67N9O8/c1-9-60-43-16-15-34-27-38(43)39(46(60)37-13-10-17-53-44(37)32(4)68-8)28-52(5,6)30-69-50(66)40-14-11-20-61(56-40)49(65)41(25-33-23-35(34)26-36(62)24-33)55-47(63)45(31(2)3)57(7)51(67)59-19-12-18-58(21-22-59)48(64)42-29-54-42/h10,13,15-17,23-24,26-27,32,40-42,45,54,56,62H,2,9,11-12,14,18-22,25,28-30H2,1,3-8H3,(H,55,63)/t32-,40-,41-,42+,45-/m0/s1. The number of phenolic OH excluding ortho intramolecular Hbond substituents is 1. The Morgan fingerprint density at radius 2 is 1.80 bits per heavy atom. The highest BCUT2D eigenvalue weighted by molar-refractivity contribution is 5.96. The lowest BCUT2D eigenvalue weighted by Crippen LogP contribution is -2.62. The van der Waals surface area contributed by atoms with Crippen LogP contribution in [-0.4, -0.2) is 148 Å². The van der Waals surface area contributed by atoms with E-state index in [1.54, 1.807) is 42.2 Å². The maximum absolute atomic E-state index is 14.8. The van der Waals surface area contributed by atoms with Gasteiger partial charge in [-0.05, 0) is 111 Å². The predicted molar refractivity (Wildman–Crippen MR) is 262 cm³/mol. The van der Waals surface area contributed by atoms with Crippen LogP contribution in [0.15, 0.2) is 66.9 Å². The number of nitrogens with one attached hydrogen (secondary N) is 3. The Morgan fingerprint density at radius 1 is 1.04 bits per heavy atom. The molecule has 3 fully saturated rings. The number of esters is 1. The Hall–Kier alpha value is -6.30. The molecule has 0 radical (unpaired) electrons. The van der Waals surface area contributed by atoms with Crippen LogP contribution in [-0.2, 0) is 48.0 Å². The number of carbonyl (C=O) groups is 5. The maximum atomic E-state index is 14.8. The Morgan fingerprint density at radius 3 is 2.52 bits per heavy atom. The van der Waals surface area contributed by atoms with Gasteiger partial charge >= 0.3 is 12.0 Å². The molecule has 368 valence electrons. The second-order valence-corrected chi connectivity index (χ2v) is 19.8. The molecule has 2 aromatic carbocycles. The van der Waals surface area contributed by atoms with Gasteiger partial charge in [0.05, 0.1) is 30.1 Å². The van der Waals surface area contributed by atoms with E-state index < -0.39 is 47.4 Å². The van der Waals surface area contributed by atoms with Crippen molar-refractivity contribution in [1.82, 2.24) is 45.3 Å². The molecule has 0 aliphatic carbocycles. The highest BCUT2D eigenvalue weighted by atomic mass is 16.5. The lowest BCUT2D eigenvalue weighted by Gasteiger charge is -2.37. The molecular weight excluding hydrogens is 879 g/mol. The molecular formula is C52H67N9O8. The number of amides is 5. The van der Waals surface area contributed by atoms with Gasteiger partial charge in [0.15, 0.2) is 0 Å². The number of hydrogen-bond acceptors (Lipinski definition) is 11. The molecule has 17 nitrogen and oxygen atoms in total. The van der Waals surface area contributed by atoms with Gasteiger partial charge in [-0.3, -0.25) is 29.2 Å². The van der Waals surface area contributed by atoms with E-state index in [0.29, 0.717) is 81.7 Å². The Balaban J connectivity index is 1.16. The fraction of sp³-hybridized carbons (Fsp3) is 0.500. The first-order chi connectivity index (χ1) is 33.0. The van der Waals surface area contributed by atoms with Crippen molar-refractivity contribution in [1.29, 1.82) is 0 Å². The fourth-order valence-corrected chi connectivity index (χ4v) is 10.2. The molecule has 0 unspecified atom stereocenters. The molecule has 6 bridgehead atoms. The lowest BCUT2D eigenvalue weighted by molar-refractivity contribution is -0.155. The van der Waals surface area contributed by atoms with Crippen LogP contribution in [0.25, 0.3) is 33.3 Å².